The van der Waals surface area contributed by atoms with E-state index in [-0.39, 0.29) is 18.5 Å². The molecule has 7 heteroatoms. The first-order valence-electron chi connectivity index (χ1n) is 5.89. The average Bonchev–Trinajstić information content (AvgIpc) is 2.47. The minimum Gasteiger partial charge on any atom is -0.330 e. The van der Waals surface area contributed by atoms with Gasteiger partial charge in [-0.1, -0.05) is 18.2 Å². The molecule has 0 heterocycles. The molecule has 0 saturated heterocycles. The van der Waals surface area contributed by atoms with E-state index in [0.29, 0.717) is 0 Å². The molecule has 0 spiro atoms. The molecule has 0 aliphatic rings. The van der Waals surface area contributed by atoms with Gasteiger partial charge in [0.25, 0.3) is 0 Å². The molecule has 0 atom stereocenters. The maximum Gasteiger partial charge on any atom is 0.200 e. The molecule has 0 fully saturated rings. The molecule has 2 aromatic carbocycles. The molecule has 2 aromatic rings. The van der Waals surface area contributed by atoms with Crippen molar-refractivity contribution >= 4 is 0 Å². The van der Waals surface area contributed by atoms with Gasteiger partial charge in [0.2, 0.25) is 5.82 Å². The van der Waals surface area contributed by atoms with E-state index in [1.165, 1.54) is 12.1 Å². The largest absolute Gasteiger partial charge is 0.330 e. The van der Waals surface area contributed by atoms with Crippen LogP contribution in [0.5, 0.6) is 0 Å². The third-order valence-corrected chi connectivity index (χ3v) is 2.97. The van der Waals surface area contributed by atoms with Crippen molar-refractivity contribution < 1.29 is 26.3 Å². The predicted molar refractivity (Wildman–Crippen MR) is 64.4 cm³/mol. The molecule has 21 heavy (non-hydrogen) atoms. The average molecular weight is 305 g/mol. The van der Waals surface area contributed by atoms with Crippen molar-refractivity contribution in [2.75, 3.05) is 6.54 Å². The normalized spacial score (nSPS) is 11.0. The Morgan fingerprint density at radius 1 is 0.714 bits per heavy atom. The van der Waals surface area contributed by atoms with Gasteiger partial charge in [0.05, 0.1) is 5.56 Å². The third-order valence-electron chi connectivity index (χ3n) is 2.97. The second kappa shape index (κ2) is 5.77. The molecule has 0 aliphatic heterocycles. The lowest BCUT2D eigenvalue weighted by molar-refractivity contribution is 0.381. The zero-order chi connectivity index (χ0) is 15.7. The molecular formula is C14H9F6N. The number of hydrogen-bond donors (Lipinski definition) is 1. The van der Waals surface area contributed by atoms with E-state index in [9.17, 15) is 26.3 Å². The smallest absolute Gasteiger partial charge is 0.200 e. The number of halogens is 6. The summed E-state index contributed by atoms with van der Waals surface area (Å²) >= 11 is 0. The zero-order valence-electron chi connectivity index (χ0n) is 10.5. The van der Waals surface area contributed by atoms with Gasteiger partial charge in [-0.2, -0.15) is 0 Å². The fourth-order valence-electron chi connectivity index (χ4n) is 1.96. The van der Waals surface area contributed by atoms with Crippen molar-refractivity contribution in [3.63, 3.8) is 0 Å². The minimum absolute atomic E-state index is 0.0268. The molecule has 0 aromatic heterocycles. The van der Waals surface area contributed by atoms with Gasteiger partial charge in [-0.3, -0.25) is 0 Å². The van der Waals surface area contributed by atoms with Gasteiger partial charge in [0.1, 0.15) is 5.82 Å². The number of nitrogens with two attached hydrogens (primary N) is 1. The summed E-state index contributed by atoms with van der Waals surface area (Å²) in [6.07, 6.45) is 0.0646. The summed E-state index contributed by atoms with van der Waals surface area (Å²) in [7, 11) is 0. The van der Waals surface area contributed by atoms with Gasteiger partial charge < -0.3 is 5.73 Å². The molecule has 112 valence electrons. The van der Waals surface area contributed by atoms with E-state index in [0.717, 1.165) is 6.07 Å². The van der Waals surface area contributed by atoms with E-state index in [2.05, 4.69) is 0 Å². The van der Waals surface area contributed by atoms with Crippen molar-refractivity contribution in [1.82, 2.24) is 0 Å². The fraction of sp³-hybridized carbons (Fsp3) is 0.143. The molecule has 0 bridgehead atoms. The first-order chi connectivity index (χ1) is 9.90. The lowest BCUT2D eigenvalue weighted by atomic mass is 9.99. The van der Waals surface area contributed by atoms with E-state index in [4.69, 9.17) is 5.73 Å². The number of rotatable bonds is 3. The maximum absolute atomic E-state index is 14.1. The van der Waals surface area contributed by atoms with Crippen molar-refractivity contribution in [3.05, 3.63) is 58.7 Å². The van der Waals surface area contributed by atoms with Crippen LogP contribution in [-0.4, -0.2) is 6.54 Å². The Kier molecular flexibility index (Phi) is 4.22. The minimum atomic E-state index is -2.28. The van der Waals surface area contributed by atoms with E-state index in [1.54, 1.807) is 0 Å². The van der Waals surface area contributed by atoms with Gasteiger partial charge in [-0.05, 0) is 18.5 Å². The van der Waals surface area contributed by atoms with Crippen molar-refractivity contribution in [2.45, 2.75) is 6.42 Å². The van der Waals surface area contributed by atoms with Crippen LogP contribution in [-0.2, 0) is 6.42 Å². The molecule has 0 saturated carbocycles. The Balaban J connectivity index is 2.77. The highest BCUT2D eigenvalue weighted by atomic mass is 19.2. The van der Waals surface area contributed by atoms with Crippen LogP contribution in [0.4, 0.5) is 26.3 Å². The summed E-state index contributed by atoms with van der Waals surface area (Å²) in [5, 5.41) is 0. The van der Waals surface area contributed by atoms with Gasteiger partial charge in [0, 0.05) is 5.56 Å². The summed E-state index contributed by atoms with van der Waals surface area (Å²) in [6, 6.07) is 3.51. The first-order valence-corrected chi connectivity index (χ1v) is 5.89. The van der Waals surface area contributed by atoms with Crippen molar-refractivity contribution in [1.29, 1.82) is 0 Å². The molecule has 0 unspecified atom stereocenters. The lowest BCUT2D eigenvalue weighted by Gasteiger charge is -2.11. The predicted octanol–water partition coefficient (Wildman–Crippen LogP) is 3.69. The van der Waals surface area contributed by atoms with Crippen molar-refractivity contribution in [3.8, 4) is 11.1 Å². The van der Waals surface area contributed by atoms with Gasteiger partial charge in [0.15, 0.2) is 23.3 Å². The van der Waals surface area contributed by atoms with E-state index >= 15 is 0 Å². The van der Waals surface area contributed by atoms with Crippen molar-refractivity contribution in [2.24, 2.45) is 5.73 Å². The fourth-order valence-corrected chi connectivity index (χ4v) is 1.96. The van der Waals surface area contributed by atoms with Gasteiger partial charge >= 0.3 is 0 Å². The lowest BCUT2D eigenvalue weighted by Crippen LogP contribution is -2.08. The van der Waals surface area contributed by atoms with Crippen LogP contribution < -0.4 is 5.73 Å². The highest BCUT2D eigenvalue weighted by Crippen LogP contribution is 2.33. The summed E-state index contributed by atoms with van der Waals surface area (Å²) in [5.41, 5.74) is 3.30. The van der Waals surface area contributed by atoms with Gasteiger partial charge in [-0.15, -0.1) is 0 Å². The molecule has 0 radical (unpaired) electrons. The Morgan fingerprint density at radius 2 is 1.24 bits per heavy atom. The van der Waals surface area contributed by atoms with Crippen LogP contribution in [0, 0.1) is 34.9 Å². The van der Waals surface area contributed by atoms with Crippen LogP contribution in [0.2, 0.25) is 0 Å². The van der Waals surface area contributed by atoms with Gasteiger partial charge in [-0.25, -0.2) is 26.3 Å². The Bertz CT molecular complexity index is 669. The summed E-state index contributed by atoms with van der Waals surface area (Å²) in [5.74, 6) is -11.7. The molecule has 0 aliphatic carbocycles. The Morgan fingerprint density at radius 3 is 1.76 bits per heavy atom. The standard InChI is InChI=1S/C14H9F6N/c15-9-6(4-5-21)2-1-3-7(9)8-10(16)12(18)14(20)13(19)11(8)17/h1-3H,4-5,21H2. The monoisotopic (exact) mass is 305 g/mol. The van der Waals surface area contributed by atoms with E-state index < -0.39 is 46.0 Å². The SMILES string of the molecule is NCCc1cccc(-c2c(F)c(F)c(F)c(F)c2F)c1F. The number of benzene rings is 2. The summed E-state index contributed by atoms with van der Waals surface area (Å²) in [4.78, 5) is 0. The summed E-state index contributed by atoms with van der Waals surface area (Å²) < 4.78 is 80.8. The molecule has 2 rings (SSSR count). The first kappa shape index (κ1) is 15.4. The molecular weight excluding hydrogens is 296 g/mol. The number of hydrogen-bond acceptors (Lipinski definition) is 1. The van der Waals surface area contributed by atoms with Crippen LogP contribution in [0.3, 0.4) is 0 Å². The highest BCUT2D eigenvalue weighted by Gasteiger charge is 2.28. The van der Waals surface area contributed by atoms with Crippen LogP contribution in [0.15, 0.2) is 18.2 Å². The van der Waals surface area contributed by atoms with Crippen LogP contribution >= 0.6 is 0 Å². The second-order valence-corrected chi connectivity index (χ2v) is 4.26. The molecule has 2 N–H and O–H groups in total. The van der Waals surface area contributed by atoms with E-state index in [1.807, 2.05) is 0 Å². The van der Waals surface area contributed by atoms with Crippen LogP contribution in [0.25, 0.3) is 11.1 Å². The highest BCUT2D eigenvalue weighted by molar-refractivity contribution is 5.67. The zero-order valence-corrected chi connectivity index (χ0v) is 10.5. The maximum atomic E-state index is 14.1. The summed E-state index contributed by atoms with van der Waals surface area (Å²) in [6.45, 7) is 0.0669. The second-order valence-electron chi connectivity index (χ2n) is 4.26. The Labute approximate surface area is 116 Å². The quantitative estimate of drug-likeness (QED) is 0.522. The third kappa shape index (κ3) is 2.49. The topological polar surface area (TPSA) is 26.0 Å². The molecule has 1 nitrogen and oxygen atoms in total. The Hall–Kier alpha value is -2.02. The molecule has 0 amide bonds. The van der Waals surface area contributed by atoms with Crippen LogP contribution in [0.1, 0.15) is 5.56 Å².